The van der Waals surface area contributed by atoms with E-state index in [2.05, 4.69) is 41.0 Å². The van der Waals surface area contributed by atoms with Crippen LogP contribution in [0.1, 0.15) is 31.2 Å². The molecule has 1 heterocycles. The lowest BCUT2D eigenvalue weighted by Crippen LogP contribution is -2.35. The Morgan fingerprint density at radius 1 is 1.06 bits per heavy atom. The second-order valence-electron chi connectivity index (χ2n) is 4.94. The molecule has 2 heteroatoms. The highest BCUT2D eigenvalue weighted by atomic mass is 15.0. The first-order chi connectivity index (χ1) is 8.45. The molecule has 0 amide bonds. The molecule has 2 nitrogen and oxygen atoms in total. The zero-order valence-corrected chi connectivity index (χ0v) is 10.6. The third kappa shape index (κ3) is 4.88. The smallest absolute Gasteiger partial charge is 0.0192 e. The van der Waals surface area contributed by atoms with Gasteiger partial charge < -0.3 is 10.6 Å². The number of nitrogens with one attached hydrogen (secondary N) is 2. The lowest BCUT2D eigenvalue weighted by atomic mass is 10.0. The minimum atomic E-state index is 0.688. The molecule has 1 atom stereocenters. The van der Waals surface area contributed by atoms with Gasteiger partial charge in [0.15, 0.2) is 0 Å². The van der Waals surface area contributed by atoms with E-state index in [9.17, 15) is 0 Å². The zero-order valence-electron chi connectivity index (χ0n) is 10.6. The summed E-state index contributed by atoms with van der Waals surface area (Å²) in [6, 6.07) is 11.5. The predicted molar refractivity (Wildman–Crippen MR) is 73.3 cm³/mol. The molecule has 0 radical (unpaired) electrons. The molecule has 2 rings (SSSR count). The Morgan fingerprint density at radius 2 is 1.94 bits per heavy atom. The first kappa shape index (κ1) is 12.6. The van der Waals surface area contributed by atoms with Crippen molar-refractivity contribution in [1.29, 1.82) is 0 Å². The molecular weight excluding hydrogens is 208 g/mol. The summed E-state index contributed by atoms with van der Waals surface area (Å²) in [7, 11) is 0. The molecule has 0 aromatic heterocycles. The quantitative estimate of drug-likeness (QED) is 0.762. The van der Waals surface area contributed by atoms with Crippen molar-refractivity contribution in [2.45, 2.75) is 38.1 Å². The van der Waals surface area contributed by atoms with Crippen molar-refractivity contribution in [2.24, 2.45) is 0 Å². The molecule has 0 aliphatic carbocycles. The number of hydrogen-bond donors (Lipinski definition) is 2. The van der Waals surface area contributed by atoms with Gasteiger partial charge in [0.2, 0.25) is 0 Å². The SMILES string of the molecule is c1ccc(CCCCC2CNCCCN2)cc1. The van der Waals surface area contributed by atoms with E-state index in [4.69, 9.17) is 0 Å². The van der Waals surface area contributed by atoms with Crippen LogP contribution in [0, 0.1) is 0 Å². The largest absolute Gasteiger partial charge is 0.315 e. The molecule has 1 aromatic carbocycles. The van der Waals surface area contributed by atoms with E-state index in [1.54, 1.807) is 0 Å². The number of unbranched alkanes of at least 4 members (excludes halogenated alkanes) is 1. The second-order valence-corrected chi connectivity index (χ2v) is 4.94. The molecule has 17 heavy (non-hydrogen) atoms. The van der Waals surface area contributed by atoms with Crippen molar-refractivity contribution in [3.63, 3.8) is 0 Å². The average Bonchev–Trinajstić information content (AvgIpc) is 2.65. The predicted octanol–water partition coefficient (Wildman–Crippen LogP) is 2.35. The highest BCUT2D eigenvalue weighted by Gasteiger charge is 2.09. The van der Waals surface area contributed by atoms with E-state index in [1.165, 1.54) is 50.8 Å². The van der Waals surface area contributed by atoms with Crippen molar-refractivity contribution in [1.82, 2.24) is 10.6 Å². The molecule has 0 saturated carbocycles. The van der Waals surface area contributed by atoms with Gasteiger partial charge in [-0.3, -0.25) is 0 Å². The van der Waals surface area contributed by atoms with Gasteiger partial charge in [-0.05, 0) is 44.3 Å². The number of aryl methyl sites for hydroxylation is 1. The van der Waals surface area contributed by atoms with Gasteiger partial charge in [0.25, 0.3) is 0 Å². The van der Waals surface area contributed by atoms with Crippen LogP contribution >= 0.6 is 0 Å². The minimum Gasteiger partial charge on any atom is -0.315 e. The van der Waals surface area contributed by atoms with Crippen molar-refractivity contribution in [3.05, 3.63) is 35.9 Å². The van der Waals surface area contributed by atoms with E-state index >= 15 is 0 Å². The van der Waals surface area contributed by atoms with Gasteiger partial charge in [0.05, 0.1) is 0 Å². The molecule has 1 saturated heterocycles. The Labute approximate surface area is 105 Å². The minimum absolute atomic E-state index is 0.688. The topological polar surface area (TPSA) is 24.1 Å². The van der Waals surface area contributed by atoms with Crippen LogP contribution in [0.4, 0.5) is 0 Å². The fourth-order valence-electron chi connectivity index (χ4n) is 2.44. The number of benzene rings is 1. The lowest BCUT2D eigenvalue weighted by Gasteiger charge is -2.15. The van der Waals surface area contributed by atoms with Gasteiger partial charge in [-0.15, -0.1) is 0 Å². The normalized spacial score (nSPS) is 21.1. The maximum absolute atomic E-state index is 3.62. The van der Waals surface area contributed by atoms with Crippen LogP contribution in [0.2, 0.25) is 0 Å². The molecule has 1 aliphatic heterocycles. The van der Waals surface area contributed by atoms with Crippen LogP contribution in [-0.4, -0.2) is 25.7 Å². The van der Waals surface area contributed by atoms with Gasteiger partial charge >= 0.3 is 0 Å². The van der Waals surface area contributed by atoms with Crippen LogP contribution in [0.3, 0.4) is 0 Å². The van der Waals surface area contributed by atoms with Crippen LogP contribution < -0.4 is 10.6 Å². The molecule has 1 unspecified atom stereocenters. The Balaban J connectivity index is 1.59. The Kier molecular flexibility index (Phi) is 5.53. The van der Waals surface area contributed by atoms with E-state index in [0.717, 1.165) is 6.54 Å². The van der Waals surface area contributed by atoms with Crippen LogP contribution in [-0.2, 0) is 6.42 Å². The van der Waals surface area contributed by atoms with Gasteiger partial charge in [-0.1, -0.05) is 36.8 Å². The van der Waals surface area contributed by atoms with Gasteiger partial charge in [-0.25, -0.2) is 0 Å². The third-order valence-corrected chi connectivity index (χ3v) is 3.46. The monoisotopic (exact) mass is 232 g/mol. The highest BCUT2D eigenvalue weighted by Crippen LogP contribution is 2.08. The second kappa shape index (κ2) is 7.46. The molecule has 2 N–H and O–H groups in total. The molecule has 1 aliphatic rings. The molecule has 0 spiro atoms. The van der Waals surface area contributed by atoms with E-state index in [1.807, 2.05) is 0 Å². The van der Waals surface area contributed by atoms with Crippen molar-refractivity contribution in [3.8, 4) is 0 Å². The zero-order chi connectivity index (χ0) is 11.8. The fourth-order valence-corrected chi connectivity index (χ4v) is 2.44. The van der Waals surface area contributed by atoms with Crippen molar-refractivity contribution in [2.75, 3.05) is 19.6 Å². The van der Waals surface area contributed by atoms with E-state index in [-0.39, 0.29) is 0 Å². The van der Waals surface area contributed by atoms with E-state index in [0.29, 0.717) is 6.04 Å². The van der Waals surface area contributed by atoms with E-state index < -0.39 is 0 Å². The first-order valence-corrected chi connectivity index (χ1v) is 6.93. The maximum Gasteiger partial charge on any atom is 0.0192 e. The summed E-state index contributed by atoms with van der Waals surface area (Å²) >= 11 is 0. The van der Waals surface area contributed by atoms with Crippen molar-refractivity contribution < 1.29 is 0 Å². The molecule has 1 fully saturated rings. The summed E-state index contributed by atoms with van der Waals surface area (Å²) in [4.78, 5) is 0. The molecule has 0 bridgehead atoms. The highest BCUT2D eigenvalue weighted by molar-refractivity contribution is 5.14. The van der Waals surface area contributed by atoms with Crippen LogP contribution in [0.5, 0.6) is 0 Å². The van der Waals surface area contributed by atoms with Crippen LogP contribution in [0.25, 0.3) is 0 Å². The third-order valence-electron chi connectivity index (χ3n) is 3.46. The summed E-state index contributed by atoms with van der Waals surface area (Å²) < 4.78 is 0. The fraction of sp³-hybridized carbons (Fsp3) is 0.600. The summed E-state index contributed by atoms with van der Waals surface area (Å²) in [5.74, 6) is 0. The molecule has 94 valence electrons. The van der Waals surface area contributed by atoms with Gasteiger partial charge in [-0.2, -0.15) is 0 Å². The summed E-state index contributed by atoms with van der Waals surface area (Å²) in [5, 5.41) is 7.11. The lowest BCUT2D eigenvalue weighted by molar-refractivity contribution is 0.472. The molecular formula is C15H24N2. The average molecular weight is 232 g/mol. The Morgan fingerprint density at radius 3 is 2.82 bits per heavy atom. The summed E-state index contributed by atoms with van der Waals surface area (Å²) in [6.45, 7) is 3.50. The standard InChI is InChI=1S/C15H24N2/c1-2-7-14(8-3-1)9-4-5-10-15-13-16-11-6-12-17-15/h1-3,7-8,15-17H,4-6,9-13H2. The Hall–Kier alpha value is -0.860. The Bertz CT molecular complexity index is 289. The number of hydrogen-bond acceptors (Lipinski definition) is 2. The first-order valence-electron chi connectivity index (χ1n) is 6.93. The maximum atomic E-state index is 3.62. The van der Waals surface area contributed by atoms with Gasteiger partial charge in [0.1, 0.15) is 0 Å². The summed E-state index contributed by atoms with van der Waals surface area (Å²) in [6.07, 6.45) is 6.43. The summed E-state index contributed by atoms with van der Waals surface area (Å²) in [5.41, 5.74) is 1.47. The van der Waals surface area contributed by atoms with Gasteiger partial charge in [0, 0.05) is 12.6 Å². The van der Waals surface area contributed by atoms with Crippen molar-refractivity contribution >= 4 is 0 Å². The number of rotatable bonds is 5. The van der Waals surface area contributed by atoms with Crippen LogP contribution in [0.15, 0.2) is 30.3 Å². The molecule has 1 aromatic rings.